The second kappa shape index (κ2) is 6.86. The summed E-state index contributed by atoms with van der Waals surface area (Å²) in [5, 5.41) is 8.91. The Labute approximate surface area is 98.2 Å². The number of hydrogen-bond donors (Lipinski definition) is 1. The summed E-state index contributed by atoms with van der Waals surface area (Å²) >= 11 is 0. The average molecular weight is 228 g/mol. The molecule has 0 spiro atoms. The number of amides is 1. The molecule has 0 unspecified atom stereocenters. The van der Waals surface area contributed by atoms with E-state index < -0.39 is 0 Å². The van der Waals surface area contributed by atoms with E-state index in [1.165, 1.54) is 12.8 Å². The molecule has 4 heteroatoms. The summed E-state index contributed by atoms with van der Waals surface area (Å²) in [6.45, 7) is 7.62. The van der Waals surface area contributed by atoms with E-state index in [0.717, 1.165) is 19.6 Å². The molecule has 0 saturated carbocycles. The van der Waals surface area contributed by atoms with Crippen molar-refractivity contribution in [3.63, 3.8) is 0 Å². The number of aliphatic hydroxyl groups excluding tert-OH is 1. The van der Waals surface area contributed by atoms with E-state index in [0.29, 0.717) is 13.0 Å². The van der Waals surface area contributed by atoms with Crippen LogP contribution in [0.4, 0.5) is 0 Å². The van der Waals surface area contributed by atoms with Gasteiger partial charge in [-0.3, -0.25) is 4.79 Å². The van der Waals surface area contributed by atoms with Crippen LogP contribution in [0.2, 0.25) is 0 Å². The predicted molar refractivity (Wildman–Crippen MR) is 64.2 cm³/mol. The molecule has 4 nitrogen and oxygen atoms in total. The summed E-state index contributed by atoms with van der Waals surface area (Å²) in [7, 11) is 0. The number of carbonyl (C=O) groups excluding carboxylic acids is 1. The Morgan fingerprint density at radius 3 is 2.50 bits per heavy atom. The van der Waals surface area contributed by atoms with Crippen molar-refractivity contribution >= 4 is 5.91 Å². The summed E-state index contributed by atoms with van der Waals surface area (Å²) in [5.41, 5.74) is 0. The highest BCUT2D eigenvalue weighted by atomic mass is 16.3. The lowest BCUT2D eigenvalue weighted by atomic mass is 10.2. The van der Waals surface area contributed by atoms with Crippen LogP contribution in [0, 0.1) is 0 Å². The van der Waals surface area contributed by atoms with E-state index in [4.69, 9.17) is 5.11 Å². The van der Waals surface area contributed by atoms with Crippen LogP contribution in [-0.2, 0) is 4.79 Å². The summed E-state index contributed by atoms with van der Waals surface area (Å²) < 4.78 is 0. The molecule has 0 aliphatic carbocycles. The van der Waals surface area contributed by atoms with Crippen LogP contribution < -0.4 is 0 Å². The molecule has 1 rings (SSSR count). The van der Waals surface area contributed by atoms with Gasteiger partial charge in [0.05, 0.1) is 6.61 Å². The molecule has 0 aromatic rings. The molecule has 1 amide bonds. The standard InChI is InChI=1S/C12H24N2O2/c1-11(2)14(9-10-15)12(16)5-8-13-6-3-4-7-13/h11,15H,3-10H2,1-2H3. The number of nitrogens with zero attached hydrogens (tertiary/aromatic N) is 2. The molecule has 1 fully saturated rings. The second-order valence-corrected chi connectivity index (χ2v) is 4.70. The Balaban J connectivity index is 2.30. The third-order valence-electron chi connectivity index (χ3n) is 3.13. The first-order valence-corrected chi connectivity index (χ1v) is 6.28. The van der Waals surface area contributed by atoms with Gasteiger partial charge in [-0.05, 0) is 39.8 Å². The summed E-state index contributed by atoms with van der Waals surface area (Å²) in [6.07, 6.45) is 3.11. The largest absolute Gasteiger partial charge is 0.395 e. The zero-order valence-corrected chi connectivity index (χ0v) is 10.5. The monoisotopic (exact) mass is 228 g/mol. The van der Waals surface area contributed by atoms with Crippen molar-refractivity contribution in [2.45, 2.75) is 39.2 Å². The van der Waals surface area contributed by atoms with E-state index in [9.17, 15) is 4.79 Å². The number of likely N-dealkylation sites (tertiary alicyclic amines) is 1. The van der Waals surface area contributed by atoms with E-state index in [-0.39, 0.29) is 18.6 Å². The highest BCUT2D eigenvalue weighted by Crippen LogP contribution is 2.09. The van der Waals surface area contributed by atoms with Gasteiger partial charge in [-0.1, -0.05) is 0 Å². The molecule has 0 bridgehead atoms. The maximum Gasteiger partial charge on any atom is 0.224 e. The molecule has 94 valence electrons. The first-order chi connectivity index (χ1) is 7.65. The first-order valence-electron chi connectivity index (χ1n) is 6.28. The van der Waals surface area contributed by atoms with Gasteiger partial charge in [0.15, 0.2) is 0 Å². The van der Waals surface area contributed by atoms with Crippen LogP contribution in [0.25, 0.3) is 0 Å². The van der Waals surface area contributed by atoms with E-state index in [1.54, 1.807) is 4.90 Å². The SMILES string of the molecule is CC(C)N(CCO)C(=O)CCN1CCCC1. The zero-order chi connectivity index (χ0) is 12.0. The van der Waals surface area contributed by atoms with Gasteiger partial charge in [-0.2, -0.15) is 0 Å². The average Bonchev–Trinajstić information content (AvgIpc) is 2.75. The van der Waals surface area contributed by atoms with Crippen LogP contribution in [0.15, 0.2) is 0 Å². The molecule has 0 atom stereocenters. The maximum atomic E-state index is 11.9. The lowest BCUT2D eigenvalue weighted by Gasteiger charge is -2.27. The summed E-state index contributed by atoms with van der Waals surface area (Å²) in [6, 6.07) is 0.179. The Hall–Kier alpha value is -0.610. The quantitative estimate of drug-likeness (QED) is 0.728. The zero-order valence-electron chi connectivity index (χ0n) is 10.5. The first kappa shape index (κ1) is 13.5. The smallest absolute Gasteiger partial charge is 0.224 e. The molecule has 1 saturated heterocycles. The Morgan fingerprint density at radius 2 is 2.00 bits per heavy atom. The minimum atomic E-state index is 0.0492. The molecule has 1 N–H and O–H groups in total. The van der Waals surface area contributed by atoms with Gasteiger partial charge < -0.3 is 14.9 Å². The van der Waals surface area contributed by atoms with Gasteiger partial charge in [0.25, 0.3) is 0 Å². The second-order valence-electron chi connectivity index (χ2n) is 4.70. The van der Waals surface area contributed by atoms with Crippen LogP contribution in [0.5, 0.6) is 0 Å². The van der Waals surface area contributed by atoms with Crippen LogP contribution >= 0.6 is 0 Å². The topological polar surface area (TPSA) is 43.8 Å². The Bertz CT molecular complexity index is 213. The molecule has 0 radical (unpaired) electrons. The highest BCUT2D eigenvalue weighted by molar-refractivity contribution is 5.76. The molecule has 0 aromatic carbocycles. The van der Waals surface area contributed by atoms with Crippen LogP contribution in [0.1, 0.15) is 33.1 Å². The normalized spacial score (nSPS) is 17.0. The third kappa shape index (κ3) is 4.10. The van der Waals surface area contributed by atoms with Crippen molar-refractivity contribution in [2.75, 3.05) is 32.8 Å². The molecule has 0 aromatic heterocycles. The van der Waals surface area contributed by atoms with Gasteiger partial charge >= 0.3 is 0 Å². The minimum Gasteiger partial charge on any atom is -0.395 e. The van der Waals surface area contributed by atoms with Gasteiger partial charge in [0, 0.05) is 25.6 Å². The Morgan fingerprint density at radius 1 is 1.38 bits per heavy atom. The Kier molecular flexibility index (Phi) is 5.77. The summed E-state index contributed by atoms with van der Waals surface area (Å²) in [4.78, 5) is 16.0. The maximum absolute atomic E-state index is 11.9. The van der Waals surface area contributed by atoms with Crippen LogP contribution in [-0.4, -0.2) is 59.6 Å². The van der Waals surface area contributed by atoms with Crippen molar-refractivity contribution in [1.29, 1.82) is 0 Å². The minimum absolute atomic E-state index is 0.0492. The van der Waals surface area contributed by atoms with E-state index in [1.807, 2.05) is 13.8 Å². The number of aliphatic hydroxyl groups is 1. The van der Waals surface area contributed by atoms with Crippen molar-refractivity contribution in [3.8, 4) is 0 Å². The van der Waals surface area contributed by atoms with E-state index >= 15 is 0 Å². The molecule has 1 aliphatic rings. The fourth-order valence-electron chi connectivity index (χ4n) is 2.18. The predicted octanol–water partition coefficient (Wildman–Crippen LogP) is 0.702. The van der Waals surface area contributed by atoms with Crippen LogP contribution in [0.3, 0.4) is 0 Å². The van der Waals surface area contributed by atoms with Gasteiger partial charge in [0.2, 0.25) is 5.91 Å². The number of hydrogen-bond acceptors (Lipinski definition) is 3. The molecule has 16 heavy (non-hydrogen) atoms. The fraction of sp³-hybridized carbons (Fsp3) is 0.917. The van der Waals surface area contributed by atoms with Gasteiger partial charge in [-0.15, -0.1) is 0 Å². The number of rotatable bonds is 6. The summed E-state index contributed by atoms with van der Waals surface area (Å²) in [5.74, 6) is 0.163. The molecule has 1 aliphatic heterocycles. The molecule has 1 heterocycles. The van der Waals surface area contributed by atoms with Crippen molar-refractivity contribution in [2.24, 2.45) is 0 Å². The van der Waals surface area contributed by atoms with Gasteiger partial charge in [0.1, 0.15) is 0 Å². The van der Waals surface area contributed by atoms with E-state index in [2.05, 4.69) is 4.90 Å². The van der Waals surface area contributed by atoms with Crippen molar-refractivity contribution in [3.05, 3.63) is 0 Å². The van der Waals surface area contributed by atoms with Crippen molar-refractivity contribution in [1.82, 2.24) is 9.80 Å². The third-order valence-corrected chi connectivity index (χ3v) is 3.13. The fourth-order valence-corrected chi connectivity index (χ4v) is 2.18. The highest BCUT2D eigenvalue weighted by Gasteiger charge is 2.18. The lowest BCUT2D eigenvalue weighted by Crippen LogP contribution is -2.40. The molecular weight excluding hydrogens is 204 g/mol. The number of carbonyl (C=O) groups is 1. The van der Waals surface area contributed by atoms with Crippen molar-refractivity contribution < 1.29 is 9.90 Å². The van der Waals surface area contributed by atoms with Gasteiger partial charge in [-0.25, -0.2) is 0 Å². The lowest BCUT2D eigenvalue weighted by molar-refractivity contribution is -0.133. The molecular formula is C12H24N2O2.